The van der Waals surface area contributed by atoms with Crippen LogP contribution >= 0.6 is 11.8 Å². The summed E-state index contributed by atoms with van der Waals surface area (Å²) in [4.78, 5) is 4.02. The molecule has 0 aliphatic heterocycles. The maximum Gasteiger partial charge on any atom is 0.255 e. The minimum Gasteiger partial charge on any atom is -0.440 e. The van der Waals surface area contributed by atoms with Crippen LogP contribution in [0.15, 0.2) is 22.1 Å². The molecule has 0 aliphatic carbocycles. The van der Waals surface area contributed by atoms with Crippen molar-refractivity contribution in [2.45, 2.75) is 37.5 Å². The number of nitrogens with zero attached hydrogens (tertiary/aromatic N) is 2. The summed E-state index contributed by atoms with van der Waals surface area (Å²) in [6.45, 7) is 4.76. The van der Waals surface area contributed by atoms with E-state index in [1.807, 2.05) is 13.8 Å². The summed E-state index contributed by atoms with van der Waals surface area (Å²) in [5, 5.41) is 12.9. The van der Waals surface area contributed by atoms with Crippen LogP contribution in [-0.4, -0.2) is 22.8 Å². The van der Waals surface area contributed by atoms with Crippen molar-refractivity contribution in [3.63, 3.8) is 0 Å². The molecule has 1 rings (SSSR count). The Hall–Kier alpha value is -0.990. The molecule has 1 atom stereocenters. The van der Waals surface area contributed by atoms with Crippen LogP contribution in [-0.2, 0) is 0 Å². The average Bonchev–Trinajstić information content (AvgIpc) is 2.78. The van der Waals surface area contributed by atoms with Crippen molar-refractivity contribution in [2.24, 2.45) is 0 Å². The lowest BCUT2D eigenvalue weighted by Gasteiger charge is -2.21. The zero-order chi connectivity index (χ0) is 11.9. The Bertz CT molecular complexity index is 333. The van der Waals surface area contributed by atoms with Crippen molar-refractivity contribution in [1.29, 1.82) is 5.26 Å². The van der Waals surface area contributed by atoms with Crippen LogP contribution in [0.4, 0.5) is 0 Å². The number of nitriles is 1. The van der Waals surface area contributed by atoms with E-state index in [9.17, 15) is 0 Å². The molecule has 1 heterocycles. The van der Waals surface area contributed by atoms with Gasteiger partial charge >= 0.3 is 0 Å². The molecular weight excluding hydrogens is 222 g/mol. The van der Waals surface area contributed by atoms with Crippen LogP contribution in [0.2, 0.25) is 0 Å². The van der Waals surface area contributed by atoms with Gasteiger partial charge in [-0.3, -0.25) is 5.32 Å². The standard InChI is InChI=1S/C11H17N3OS/c1-3-14-11(2,9-12)5-4-8-16-10-13-6-7-15-10/h6-7,14H,3-5,8H2,1-2H3. The lowest BCUT2D eigenvalue weighted by Crippen LogP contribution is -2.40. The van der Waals surface area contributed by atoms with Gasteiger partial charge in [0.15, 0.2) is 0 Å². The summed E-state index contributed by atoms with van der Waals surface area (Å²) < 4.78 is 5.11. The van der Waals surface area contributed by atoms with E-state index in [2.05, 4.69) is 16.4 Å². The van der Waals surface area contributed by atoms with Crippen LogP contribution < -0.4 is 5.32 Å². The summed E-state index contributed by atoms with van der Waals surface area (Å²) in [6, 6.07) is 2.31. The fourth-order valence-corrected chi connectivity index (χ4v) is 2.16. The Balaban J connectivity index is 2.21. The van der Waals surface area contributed by atoms with Crippen molar-refractivity contribution in [2.75, 3.05) is 12.3 Å². The summed E-state index contributed by atoms with van der Waals surface area (Å²) in [7, 11) is 0. The SMILES string of the molecule is CCNC(C)(C#N)CCCSc1ncco1. The van der Waals surface area contributed by atoms with E-state index in [0.717, 1.165) is 25.1 Å². The second-order valence-corrected chi connectivity index (χ2v) is 4.77. The third-order valence-corrected chi connectivity index (χ3v) is 3.21. The van der Waals surface area contributed by atoms with Crippen molar-refractivity contribution in [3.05, 3.63) is 12.5 Å². The van der Waals surface area contributed by atoms with Gasteiger partial charge in [0.1, 0.15) is 11.8 Å². The first-order valence-electron chi connectivity index (χ1n) is 5.39. The zero-order valence-corrected chi connectivity index (χ0v) is 10.5. The van der Waals surface area contributed by atoms with Crippen molar-refractivity contribution in [3.8, 4) is 6.07 Å². The molecule has 0 aliphatic rings. The Labute approximate surface area is 100 Å². The van der Waals surface area contributed by atoms with E-state index >= 15 is 0 Å². The summed E-state index contributed by atoms with van der Waals surface area (Å²) in [5.74, 6) is 0.920. The molecule has 5 heteroatoms. The normalized spacial score (nSPS) is 14.3. The van der Waals surface area contributed by atoms with E-state index in [1.165, 1.54) is 0 Å². The molecule has 0 amide bonds. The summed E-state index contributed by atoms with van der Waals surface area (Å²) in [5.41, 5.74) is -0.411. The fourth-order valence-electron chi connectivity index (χ4n) is 1.44. The van der Waals surface area contributed by atoms with E-state index < -0.39 is 5.54 Å². The predicted octanol–water partition coefficient (Wildman–Crippen LogP) is 2.44. The summed E-state index contributed by atoms with van der Waals surface area (Å²) in [6.07, 6.45) is 5.01. The van der Waals surface area contributed by atoms with E-state index in [0.29, 0.717) is 5.22 Å². The second kappa shape index (κ2) is 6.56. The van der Waals surface area contributed by atoms with Crippen LogP contribution in [0.3, 0.4) is 0 Å². The highest BCUT2D eigenvalue weighted by molar-refractivity contribution is 7.99. The molecule has 0 aromatic carbocycles. The van der Waals surface area contributed by atoms with Gasteiger partial charge in [-0.05, 0) is 26.3 Å². The molecule has 1 aromatic heterocycles. The fraction of sp³-hybridized carbons (Fsp3) is 0.636. The molecule has 1 aromatic rings. The number of oxazole rings is 1. The van der Waals surface area contributed by atoms with Crippen molar-refractivity contribution >= 4 is 11.8 Å². The lowest BCUT2D eigenvalue weighted by molar-refractivity contribution is 0.425. The monoisotopic (exact) mass is 239 g/mol. The van der Waals surface area contributed by atoms with Crippen molar-refractivity contribution < 1.29 is 4.42 Å². The van der Waals surface area contributed by atoms with Gasteiger partial charge in [-0.25, -0.2) is 4.98 Å². The number of nitrogens with one attached hydrogen (secondary N) is 1. The minimum absolute atomic E-state index is 0.411. The topological polar surface area (TPSA) is 61.9 Å². The number of hydrogen-bond donors (Lipinski definition) is 1. The van der Waals surface area contributed by atoms with Gasteiger partial charge in [-0.1, -0.05) is 18.7 Å². The molecule has 0 bridgehead atoms. The molecule has 0 spiro atoms. The Morgan fingerprint density at radius 2 is 2.50 bits per heavy atom. The molecular formula is C11H17N3OS. The van der Waals surface area contributed by atoms with E-state index in [4.69, 9.17) is 9.68 Å². The maximum atomic E-state index is 9.05. The molecule has 0 radical (unpaired) electrons. The lowest BCUT2D eigenvalue weighted by atomic mass is 9.98. The van der Waals surface area contributed by atoms with Crippen LogP contribution in [0, 0.1) is 11.3 Å². The molecule has 0 saturated carbocycles. The first kappa shape index (κ1) is 13.1. The minimum atomic E-state index is -0.411. The van der Waals surface area contributed by atoms with Gasteiger partial charge in [-0.2, -0.15) is 5.26 Å². The van der Waals surface area contributed by atoms with Crippen LogP contribution in [0.5, 0.6) is 0 Å². The van der Waals surface area contributed by atoms with Gasteiger partial charge < -0.3 is 4.42 Å². The van der Waals surface area contributed by atoms with E-state index in [-0.39, 0.29) is 0 Å². The number of rotatable bonds is 7. The molecule has 88 valence electrons. The molecule has 0 fully saturated rings. The van der Waals surface area contributed by atoms with E-state index in [1.54, 1.807) is 24.2 Å². The highest BCUT2D eigenvalue weighted by Gasteiger charge is 2.21. The third kappa shape index (κ3) is 4.25. The average molecular weight is 239 g/mol. The number of thioether (sulfide) groups is 1. The van der Waals surface area contributed by atoms with Gasteiger partial charge in [0, 0.05) is 5.75 Å². The quantitative estimate of drug-likeness (QED) is 0.585. The molecule has 0 saturated heterocycles. The van der Waals surface area contributed by atoms with Crippen LogP contribution in [0.1, 0.15) is 26.7 Å². The first-order valence-corrected chi connectivity index (χ1v) is 6.37. The molecule has 1 unspecified atom stereocenters. The highest BCUT2D eigenvalue weighted by Crippen LogP contribution is 2.19. The van der Waals surface area contributed by atoms with Gasteiger partial charge in [0.05, 0.1) is 12.3 Å². The second-order valence-electron chi connectivity index (χ2n) is 3.72. The van der Waals surface area contributed by atoms with Crippen molar-refractivity contribution in [1.82, 2.24) is 10.3 Å². The summed E-state index contributed by atoms with van der Waals surface area (Å²) >= 11 is 1.58. The van der Waals surface area contributed by atoms with Gasteiger partial charge in [-0.15, -0.1) is 0 Å². The maximum absolute atomic E-state index is 9.05. The Morgan fingerprint density at radius 3 is 3.06 bits per heavy atom. The Kier molecular flexibility index (Phi) is 5.36. The molecule has 1 N–H and O–H groups in total. The molecule has 4 nitrogen and oxygen atoms in total. The van der Waals surface area contributed by atoms with Crippen LogP contribution in [0.25, 0.3) is 0 Å². The highest BCUT2D eigenvalue weighted by atomic mass is 32.2. The smallest absolute Gasteiger partial charge is 0.255 e. The largest absolute Gasteiger partial charge is 0.440 e. The van der Waals surface area contributed by atoms with Gasteiger partial charge in [0.25, 0.3) is 5.22 Å². The zero-order valence-electron chi connectivity index (χ0n) is 9.69. The first-order chi connectivity index (χ1) is 7.70. The predicted molar refractivity (Wildman–Crippen MR) is 64.2 cm³/mol. The van der Waals surface area contributed by atoms with Gasteiger partial charge in [0.2, 0.25) is 0 Å². The number of hydrogen-bond acceptors (Lipinski definition) is 5. The molecule has 16 heavy (non-hydrogen) atoms. The number of aromatic nitrogens is 1. The Morgan fingerprint density at radius 1 is 1.69 bits per heavy atom. The third-order valence-electron chi connectivity index (χ3n) is 2.27.